The lowest BCUT2D eigenvalue weighted by Gasteiger charge is -2.09. The van der Waals surface area contributed by atoms with E-state index in [0.29, 0.717) is 38.8 Å². The highest BCUT2D eigenvalue weighted by Crippen LogP contribution is 2.32. The number of amides is 1. The first-order valence-electron chi connectivity index (χ1n) is 9.50. The van der Waals surface area contributed by atoms with Crippen LogP contribution in [0.2, 0.25) is 5.02 Å². The van der Waals surface area contributed by atoms with E-state index in [9.17, 15) is 4.79 Å². The molecule has 2 N–H and O–H groups in total. The molecule has 1 heterocycles. The molecule has 31 heavy (non-hydrogen) atoms. The molecule has 5 nitrogen and oxygen atoms in total. The highest BCUT2D eigenvalue weighted by atomic mass is 79.9. The van der Waals surface area contributed by atoms with Crippen molar-refractivity contribution in [2.24, 2.45) is 0 Å². The van der Waals surface area contributed by atoms with E-state index >= 15 is 0 Å². The van der Waals surface area contributed by atoms with Gasteiger partial charge in [-0.3, -0.25) is 10.1 Å². The molecule has 0 aliphatic rings. The van der Waals surface area contributed by atoms with E-state index in [1.54, 1.807) is 36.4 Å². The highest BCUT2D eigenvalue weighted by molar-refractivity contribution is 9.10. The average molecular weight is 515 g/mol. The summed E-state index contributed by atoms with van der Waals surface area (Å²) in [5.41, 5.74) is 4.34. The first-order chi connectivity index (χ1) is 14.9. The summed E-state index contributed by atoms with van der Waals surface area (Å²) in [5, 5.41) is 6.44. The summed E-state index contributed by atoms with van der Waals surface area (Å²) in [6.07, 6.45) is 0.919. The standard InChI is InChI=1S/C23H17BrClN3O2S/c1-2-13-3-5-14(6-4-13)21(29)28-23(31)26-16-8-10-20-19(12-16)27-22(30-20)17-11-15(24)7-9-18(17)25/h3-12H,2H2,1H3,(H2,26,28,29,31). The largest absolute Gasteiger partial charge is 0.436 e. The molecule has 0 fully saturated rings. The number of hydrogen-bond acceptors (Lipinski definition) is 4. The number of nitrogens with one attached hydrogen (secondary N) is 2. The van der Waals surface area contributed by atoms with Gasteiger partial charge in [0.2, 0.25) is 5.89 Å². The minimum Gasteiger partial charge on any atom is -0.436 e. The van der Waals surface area contributed by atoms with Crippen molar-refractivity contribution in [1.29, 1.82) is 0 Å². The van der Waals surface area contributed by atoms with Crippen LogP contribution >= 0.6 is 39.7 Å². The molecule has 0 bridgehead atoms. The van der Waals surface area contributed by atoms with Crippen molar-refractivity contribution in [3.8, 4) is 11.5 Å². The Morgan fingerprint density at radius 2 is 1.90 bits per heavy atom. The molecule has 4 aromatic rings. The molecule has 4 rings (SSSR count). The van der Waals surface area contributed by atoms with Gasteiger partial charge in [-0.2, -0.15) is 0 Å². The van der Waals surface area contributed by atoms with E-state index in [1.807, 2.05) is 24.3 Å². The summed E-state index contributed by atoms with van der Waals surface area (Å²) < 4.78 is 6.72. The van der Waals surface area contributed by atoms with Crippen LogP contribution in [0.3, 0.4) is 0 Å². The summed E-state index contributed by atoms with van der Waals surface area (Å²) in [6.45, 7) is 2.07. The Hall–Kier alpha value is -2.74. The molecule has 0 spiro atoms. The number of anilines is 1. The lowest BCUT2D eigenvalue weighted by molar-refractivity contribution is 0.0977. The van der Waals surface area contributed by atoms with E-state index in [2.05, 4.69) is 38.5 Å². The van der Waals surface area contributed by atoms with Crippen LogP contribution < -0.4 is 10.6 Å². The molecule has 0 atom stereocenters. The van der Waals surface area contributed by atoms with Crippen LogP contribution in [0.4, 0.5) is 5.69 Å². The van der Waals surface area contributed by atoms with E-state index in [4.69, 9.17) is 28.2 Å². The molecule has 0 unspecified atom stereocenters. The smallest absolute Gasteiger partial charge is 0.257 e. The molecule has 0 aliphatic carbocycles. The van der Waals surface area contributed by atoms with Crippen LogP contribution in [0, 0.1) is 0 Å². The van der Waals surface area contributed by atoms with E-state index in [0.717, 1.165) is 10.9 Å². The Kier molecular flexibility index (Phi) is 6.36. The zero-order chi connectivity index (χ0) is 22.0. The maximum Gasteiger partial charge on any atom is 0.257 e. The zero-order valence-electron chi connectivity index (χ0n) is 16.4. The van der Waals surface area contributed by atoms with Gasteiger partial charge in [0.15, 0.2) is 10.7 Å². The normalized spacial score (nSPS) is 10.8. The summed E-state index contributed by atoms with van der Waals surface area (Å²) >= 11 is 15.0. The summed E-state index contributed by atoms with van der Waals surface area (Å²) in [4.78, 5) is 16.9. The van der Waals surface area contributed by atoms with Crippen LogP contribution in [0.5, 0.6) is 0 Å². The molecular weight excluding hydrogens is 498 g/mol. The van der Waals surface area contributed by atoms with Gasteiger partial charge in [-0.15, -0.1) is 0 Å². The van der Waals surface area contributed by atoms with Crippen molar-refractivity contribution >= 4 is 67.6 Å². The van der Waals surface area contributed by atoms with Gasteiger partial charge in [0.1, 0.15) is 5.52 Å². The first kappa shape index (κ1) is 21.5. The fraction of sp³-hybridized carbons (Fsp3) is 0.0870. The molecule has 3 aromatic carbocycles. The molecule has 1 amide bonds. The first-order valence-corrected chi connectivity index (χ1v) is 11.1. The van der Waals surface area contributed by atoms with Gasteiger partial charge in [0.05, 0.1) is 10.6 Å². The van der Waals surface area contributed by atoms with Gasteiger partial charge in [-0.1, -0.05) is 46.6 Å². The number of hydrogen-bond donors (Lipinski definition) is 2. The quantitative estimate of drug-likeness (QED) is 0.300. The number of benzene rings is 3. The lowest BCUT2D eigenvalue weighted by Crippen LogP contribution is -2.34. The lowest BCUT2D eigenvalue weighted by atomic mass is 10.1. The fourth-order valence-electron chi connectivity index (χ4n) is 3.01. The third kappa shape index (κ3) is 4.95. The van der Waals surface area contributed by atoms with Crippen LogP contribution in [-0.2, 0) is 6.42 Å². The second-order valence-electron chi connectivity index (χ2n) is 6.78. The van der Waals surface area contributed by atoms with Gasteiger partial charge in [-0.05, 0) is 72.7 Å². The number of aromatic nitrogens is 1. The zero-order valence-corrected chi connectivity index (χ0v) is 19.6. The SMILES string of the molecule is CCc1ccc(C(=O)NC(=S)Nc2ccc3oc(-c4cc(Br)ccc4Cl)nc3c2)cc1. The van der Waals surface area contributed by atoms with Gasteiger partial charge in [-0.25, -0.2) is 4.98 Å². The average Bonchev–Trinajstić information content (AvgIpc) is 3.18. The van der Waals surface area contributed by atoms with Gasteiger partial charge in [0, 0.05) is 15.7 Å². The van der Waals surface area contributed by atoms with Crippen molar-refractivity contribution in [2.75, 3.05) is 5.32 Å². The van der Waals surface area contributed by atoms with Crippen molar-refractivity contribution in [3.63, 3.8) is 0 Å². The van der Waals surface area contributed by atoms with Crippen LogP contribution in [0.15, 0.2) is 69.6 Å². The van der Waals surface area contributed by atoms with Crippen LogP contribution in [-0.4, -0.2) is 16.0 Å². The Morgan fingerprint density at radius 1 is 1.13 bits per heavy atom. The maximum atomic E-state index is 12.4. The van der Waals surface area contributed by atoms with E-state index < -0.39 is 0 Å². The van der Waals surface area contributed by atoms with Crippen LogP contribution in [0.25, 0.3) is 22.6 Å². The number of carbonyl (C=O) groups is 1. The number of fused-ring (bicyclic) bond motifs is 1. The highest BCUT2D eigenvalue weighted by Gasteiger charge is 2.13. The van der Waals surface area contributed by atoms with Gasteiger partial charge < -0.3 is 9.73 Å². The van der Waals surface area contributed by atoms with Crippen molar-refractivity contribution in [1.82, 2.24) is 10.3 Å². The van der Waals surface area contributed by atoms with Gasteiger partial charge in [0.25, 0.3) is 5.91 Å². The molecule has 1 aromatic heterocycles. The minimum atomic E-state index is -0.269. The topological polar surface area (TPSA) is 67.2 Å². The number of oxazole rings is 1. The van der Waals surface area contributed by atoms with Crippen molar-refractivity contribution < 1.29 is 9.21 Å². The van der Waals surface area contributed by atoms with Crippen molar-refractivity contribution in [2.45, 2.75) is 13.3 Å². The summed E-state index contributed by atoms with van der Waals surface area (Å²) in [6, 6.07) is 18.3. The molecule has 0 saturated heterocycles. The minimum absolute atomic E-state index is 0.197. The Labute approximate surface area is 197 Å². The van der Waals surface area contributed by atoms with E-state index in [-0.39, 0.29) is 11.0 Å². The number of carbonyl (C=O) groups excluding carboxylic acids is 1. The molecule has 0 aliphatic heterocycles. The third-order valence-electron chi connectivity index (χ3n) is 4.66. The second-order valence-corrected chi connectivity index (χ2v) is 8.52. The second kappa shape index (κ2) is 9.18. The maximum absolute atomic E-state index is 12.4. The predicted molar refractivity (Wildman–Crippen MR) is 132 cm³/mol. The van der Waals surface area contributed by atoms with Gasteiger partial charge >= 0.3 is 0 Å². The number of rotatable bonds is 4. The number of halogens is 2. The van der Waals surface area contributed by atoms with Crippen LogP contribution in [0.1, 0.15) is 22.8 Å². The molecule has 0 saturated carbocycles. The van der Waals surface area contributed by atoms with E-state index in [1.165, 1.54) is 5.56 Å². The predicted octanol–water partition coefficient (Wildman–Crippen LogP) is 6.60. The Bertz CT molecular complexity index is 1290. The number of thiocarbonyl (C=S) groups is 1. The Morgan fingerprint density at radius 3 is 2.65 bits per heavy atom. The molecular formula is C23H17BrClN3O2S. The molecule has 156 valence electrons. The monoisotopic (exact) mass is 513 g/mol. The summed E-state index contributed by atoms with van der Waals surface area (Å²) in [7, 11) is 0. The third-order valence-corrected chi connectivity index (χ3v) is 5.68. The summed E-state index contributed by atoms with van der Waals surface area (Å²) in [5.74, 6) is 0.152. The number of aryl methyl sites for hydroxylation is 1. The molecule has 8 heteroatoms. The number of nitrogens with zero attached hydrogens (tertiary/aromatic N) is 1. The van der Waals surface area contributed by atoms with Crippen molar-refractivity contribution in [3.05, 3.63) is 81.3 Å². The Balaban J connectivity index is 1.48. The fourth-order valence-corrected chi connectivity index (χ4v) is 3.78. The molecule has 0 radical (unpaired) electrons.